The second kappa shape index (κ2) is 8.97. The van der Waals surface area contributed by atoms with E-state index in [-0.39, 0.29) is 23.0 Å². The molecular formula is C20H32N4O3. The first-order chi connectivity index (χ1) is 12.3. The Morgan fingerprint density at radius 2 is 1.81 bits per heavy atom. The van der Waals surface area contributed by atoms with Gasteiger partial charge in [-0.3, -0.25) is 14.2 Å². The summed E-state index contributed by atoms with van der Waals surface area (Å²) in [5, 5.41) is 5.38. The fraction of sp³-hybridized carbons (Fsp3) is 0.600. The van der Waals surface area contributed by atoms with Crippen LogP contribution in [0.15, 0.2) is 17.1 Å². The quantitative estimate of drug-likeness (QED) is 0.590. The Hall–Kier alpha value is -2.44. The first kappa shape index (κ1) is 22.6. The normalized spacial score (nSPS) is 12.3. The van der Waals surface area contributed by atoms with Crippen molar-refractivity contribution in [2.45, 2.75) is 66.8 Å². The number of rotatable bonds is 6. The van der Waals surface area contributed by atoms with Gasteiger partial charge in [0.1, 0.15) is 5.82 Å². The van der Waals surface area contributed by atoms with E-state index in [1.807, 2.05) is 20.8 Å². The van der Waals surface area contributed by atoms with Gasteiger partial charge in [-0.15, -0.1) is 0 Å². The third-order valence-corrected chi connectivity index (χ3v) is 3.79. The summed E-state index contributed by atoms with van der Waals surface area (Å²) in [6.07, 6.45) is 6.46. The number of carbonyl (C=O) groups is 2. The molecule has 0 aliphatic rings. The van der Waals surface area contributed by atoms with E-state index in [9.17, 15) is 14.4 Å². The van der Waals surface area contributed by atoms with E-state index in [1.54, 1.807) is 12.3 Å². The molecule has 0 saturated carbocycles. The molecule has 7 nitrogen and oxygen atoms in total. The molecule has 1 aromatic rings. The zero-order chi connectivity index (χ0) is 20.8. The summed E-state index contributed by atoms with van der Waals surface area (Å²) in [5.41, 5.74) is -0.212. The lowest BCUT2D eigenvalue weighted by atomic mass is 9.91. The molecule has 2 amide bonds. The van der Waals surface area contributed by atoms with E-state index in [1.165, 1.54) is 17.6 Å². The van der Waals surface area contributed by atoms with Gasteiger partial charge < -0.3 is 10.6 Å². The Kier molecular flexibility index (Phi) is 7.51. The van der Waals surface area contributed by atoms with Crippen LogP contribution in [0.5, 0.6) is 0 Å². The van der Waals surface area contributed by atoms with Gasteiger partial charge in [-0.2, -0.15) is 4.98 Å². The van der Waals surface area contributed by atoms with Gasteiger partial charge in [-0.05, 0) is 45.1 Å². The van der Waals surface area contributed by atoms with Crippen LogP contribution in [0.25, 0.3) is 6.08 Å². The molecule has 27 heavy (non-hydrogen) atoms. The van der Waals surface area contributed by atoms with Crippen molar-refractivity contribution < 1.29 is 9.59 Å². The van der Waals surface area contributed by atoms with Gasteiger partial charge in [-0.25, -0.2) is 4.79 Å². The third-order valence-electron chi connectivity index (χ3n) is 3.79. The van der Waals surface area contributed by atoms with E-state index in [0.29, 0.717) is 12.1 Å². The van der Waals surface area contributed by atoms with Gasteiger partial charge in [0, 0.05) is 36.8 Å². The fourth-order valence-electron chi connectivity index (χ4n) is 2.39. The van der Waals surface area contributed by atoms with Crippen molar-refractivity contribution in [2.75, 3.05) is 11.9 Å². The maximum absolute atomic E-state index is 12.2. The molecule has 0 saturated heterocycles. The minimum absolute atomic E-state index is 0.143. The first-order valence-corrected chi connectivity index (χ1v) is 9.17. The average molecular weight is 377 g/mol. The highest BCUT2D eigenvalue weighted by atomic mass is 16.2. The lowest BCUT2D eigenvalue weighted by molar-refractivity contribution is -0.116. The summed E-state index contributed by atoms with van der Waals surface area (Å²) in [4.78, 5) is 39.6. The Bertz CT molecular complexity index is 765. The lowest BCUT2D eigenvalue weighted by Gasteiger charge is -2.22. The number of anilines is 1. The number of nitrogens with one attached hydrogen (secondary N) is 2. The second-order valence-corrected chi connectivity index (χ2v) is 8.84. The van der Waals surface area contributed by atoms with E-state index >= 15 is 0 Å². The maximum Gasteiger partial charge on any atom is 0.350 e. The van der Waals surface area contributed by atoms with Crippen molar-refractivity contribution in [1.82, 2.24) is 14.9 Å². The molecule has 0 radical (unpaired) electrons. The van der Waals surface area contributed by atoms with E-state index in [0.717, 1.165) is 12.8 Å². The minimum Gasteiger partial charge on any atom is -0.353 e. The van der Waals surface area contributed by atoms with Crippen LogP contribution in [0.3, 0.4) is 0 Å². The molecule has 0 aliphatic carbocycles. The SMILES string of the molecule is CC(=O)Nc1nc(=O)n(C(C)(C)C)cc1/C=C/C(=O)NCCCC(C)(C)C. The van der Waals surface area contributed by atoms with Crippen LogP contribution >= 0.6 is 0 Å². The van der Waals surface area contributed by atoms with E-state index < -0.39 is 11.2 Å². The highest BCUT2D eigenvalue weighted by Crippen LogP contribution is 2.20. The monoisotopic (exact) mass is 376 g/mol. The van der Waals surface area contributed by atoms with Crippen molar-refractivity contribution in [1.29, 1.82) is 0 Å². The highest BCUT2D eigenvalue weighted by molar-refractivity contribution is 5.94. The van der Waals surface area contributed by atoms with Gasteiger partial charge in [0.25, 0.3) is 0 Å². The van der Waals surface area contributed by atoms with Crippen molar-refractivity contribution >= 4 is 23.7 Å². The molecule has 1 heterocycles. The molecule has 0 unspecified atom stereocenters. The lowest BCUT2D eigenvalue weighted by Crippen LogP contribution is -2.36. The maximum atomic E-state index is 12.2. The smallest absolute Gasteiger partial charge is 0.350 e. The Labute approximate surface area is 161 Å². The predicted octanol–water partition coefficient (Wildman–Crippen LogP) is 2.91. The molecule has 0 aromatic carbocycles. The molecule has 1 aromatic heterocycles. The van der Waals surface area contributed by atoms with Crippen molar-refractivity contribution in [3.8, 4) is 0 Å². The second-order valence-electron chi connectivity index (χ2n) is 8.84. The Morgan fingerprint density at radius 3 is 2.33 bits per heavy atom. The Morgan fingerprint density at radius 1 is 1.19 bits per heavy atom. The molecule has 0 atom stereocenters. The molecule has 1 rings (SSSR count). The van der Waals surface area contributed by atoms with Crippen LogP contribution in [-0.4, -0.2) is 27.9 Å². The van der Waals surface area contributed by atoms with Crippen molar-refractivity contribution in [2.24, 2.45) is 5.41 Å². The van der Waals surface area contributed by atoms with Crippen LogP contribution in [-0.2, 0) is 15.1 Å². The molecule has 0 fully saturated rings. The number of hydrogen-bond donors (Lipinski definition) is 2. The summed E-state index contributed by atoms with van der Waals surface area (Å²) in [7, 11) is 0. The highest BCUT2D eigenvalue weighted by Gasteiger charge is 2.18. The summed E-state index contributed by atoms with van der Waals surface area (Å²) >= 11 is 0. The molecule has 0 aliphatic heterocycles. The minimum atomic E-state index is -0.476. The predicted molar refractivity (Wildman–Crippen MR) is 109 cm³/mol. The summed E-state index contributed by atoms with van der Waals surface area (Å²) in [6.45, 7) is 14.1. The van der Waals surface area contributed by atoms with Crippen LogP contribution < -0.4 is 16.3 Å². The topological polar surface area (TPSA) is 93.1 Å². The standard InChI is InChI=1S/C20H32N4O3/c1-14(25)22-17-15(13-24(18(27)23-17)20(5,6)7)9-10-16(26)21-12-8-11-19(2,3)4/h9-10,13H,8,11-12H2,1-7H3,(H,21,26)(H,22,23,25,27)/b10-9+. The molecule has 0 bridgehead atoms. The van der Waals surface area contributed by atoms with E-state index in [2.05, 4.69) is 36.4 Å². The van der Waals surface area contributed by atoms with Gasteiger partial charge in [0.05, 0.1) is 0 Å². The average Bonchev–Trinajstić information content (AvgIpc) is 2.48. The third kappa shape index (κ3) is 8.19. The summed E-state index contributed by atoms with van der Waals surface area (Å²) in [5.74, 6) is -0.423. The molecular weight excluding hydrogens is 344 g/mol. The van der Waals surface area contributed by atoms with Crippen LogP contribution in [0, 0.1) is 5.41 Å². The van der Waals surface area contributed by atoms with Crippen molar-refractivity contribution in [3.63, 3.8) is 0 Å². The van der Waals surface area contributed by atoms with Gasteiger partial charge >= 0.3 is 5.69 Å². The summed E-state index contributed by atoms with van der Waals surface area (Å²) < 4.78 is 1.47. The largest absolute Gasteiger partial charge is 0.353 e. The molecule has 150 valence electrons. The van der Waals surface area contributed by atoms with Gasteiger partial charge in [0.15, 0.2) is 0 Å². The van der Waals surface area contributed by atoms with Gasteiger partial charge in [0.2, 0.25) is 11.8 Å². The first-order valence-electron chi connectivity index (χ1n) is 9.17. The molecule has 0 spiro atoms. The summed E-state index contributed by atoms with van der Waals surface area (Å²) in [6, 6.07) is 0. The van der Waals surface area contributed by atoms with E-state index in [4.69, 9.17) is 0 Å². The number of nitrogens with zero attached hydrogens (tertiary/aromatic N) is 2. The number of aromatic nitrogens is 2. The zero-order valence-electron chi connectivity index (χ0n) is 17.5. The van der Waals surface area contributed by atoms with Crippen LogP contribution in [0.2, 0.25) is 0 Å². The van der Waals surface area contributed by atoms with Crippen LogP contribution in [0.4, 0.5) is 5.82 Å². The van der Waals surface area contributed by atoms with Crippen molar-refractivity contribution in [3.05, 3.63) is 28.3 Å². The van der Waals surface area contributed by atoms with Crippen LogP contribution in [0.1, 0.15) is 66.9 Å². The van der Waals surface area contributed by atoms with Gasteiger partial charge in [-0.1, -0.05) is 20.8 Å². The number of amides is 2. The molecule has 7 heteroatoms. The fourth-order valence-corrected chi connectivity index (χ4v) is 2.39. The zero-order valence-corrected chi connectivity index (χ0v) is 17.5. The molecule has 2 N–H and O–H groups in total. The Balaban J connectivity index is 2.95. The number of hydrogen-bond acceptors (Lipinski definition) is 4. The number of carbonyl (C=O) groups excluding carboxylic acids is 2.